The van der Waals surface area contributed by atoms with Gasteiger partial charge in [0.25, 0.3) is 5.91 Å². The second-order valence-corrected chi connectivity index (χ2v) is 10.3. The summed E-state index contributed by atoms with van der Waals surface area (Å²) >= 11 is 7.53. The zero-order valence-electron chi connectivity index (χ0n) is 18.8. The topological polar surface area (TPSA) is 83.1 Å². The van der Waals surface area contributed by atoms with E-state index in [4.69, 9.17) is 11.6 Å². The lowest BCUT2D eigenvalue weighted by molar-refractivity contribution is -0.109. The van der Waals surface area contributed by atoms with E-state index in [1.54, 1.807) is 6.20 Å². The van der Waals surface area contributed by atoms with E-state index in [0.29, 0.717) is 17.6 Å². The fourth-order valence-corrected chi connectivity index (χ4v) is 4.92. The van der Waals surface area contributed by atoms with Crippen LogP contribution < -0.4 is 16.0 Å². The summed E-state index contributed by atoms with van der Waals surface area (Å²) in [7, 11) is 0. The quantitative estimate of drug-likeness (QED) is 0.428. The molecule has 2 saturated carbocycles. The van der Waals surface area contributed by atoms with Gasteiger partial charge in [-0.1, -0.05) is 37.3 Å². The van der Waals surface area contributed by atoms with E-state index >= 15 is 0 Å². The number of carbonyl (C=O) groups is 2. The highest BCUT2D eigenvalue weighted by atomic mass is 35.5. The predicted molar refractivity (Wildman–Crippen MR) is 131 cm³/mol. The number of nitrogens with zero attached hydrogens (tertiary/aromatic N) is 1. The van der Waals surface area contributed by atoms with Crippen molar-refractivity contribution in [2.45, 2.75) is 77.4 Å². The molecule has 6 nitrogen and oxygen atoms in total. The van der Waals surface area contributed by atoms with E-state index in [9.17, 15) is 9.59 Å². The highest BCUT2D eigenvalue weighted by Gasteiger charge is 2.20. The lowest BCUT2D eigenvalue weighted by Gasteiger charge is -2.17. The number of nitrogens with one attached hydrogen (secondary N) is 3. The Hall–Kier alpha value is -2.12. The summed E-state index contributed by atoms with van der Waals surface area (Å²) < 4.78 is 0. The van der Waals surface area contributed by atoms with Crippen molar-refractivity contribution in [3.63, 3.8) is 0 Å². The van der Waals surface area contributed by atoms with Crippen LogP contribution >= 0.6 is 22.9 Å². The summed E-state index contributed by atoms with van der Waals surface area (Å²) in [5.41, 5.74) is 1.83. The Labute approximate surface area is 199 Å². The molecule has 0 radical (unpaired) electrons. The van der Waals surface area contributed by atoms with Gasteiger partial charge in [0.05, 0.1) is 21.3 Å². The van der Waals surface area contributed by atoms with E-state index < -0.39 is 0 Å². The van der Waals surface area contributed by atoms with E-state index in [1.807, 2.05) is 25.1 Å². The molecular weight excluding hydrogens is 444 g/mol. The predicted octanol–water partition coefficient (Wildman–Crippen LogP) is 5.31. The molecule has 1 unspecified atom stereocenters. The van der Waals surface area contributed by atoms with Gasteiger partial charge in [0.1, 0.15) is 0 Å². The molecule has 1 atom stereocenters. The molecule has 2 fully saturated rings. The first-order valence-electron chi connectivity index (χ1n) is 11.4. The summed E-state index contributed by atoms with van der Waals surface area (Å²) in [4.78, 5) is 28.1. The molecule has 174 valence electrons. The van der Waals surface area contributed by atoms with Crippen LogP contribution in [0.25, 0.3) is 0 Å². The van der Waals surface area contributed by atoms with Crippen LogP contribution in [-0.2, 0) is 11.3 Å². The number of thiophene rings is 1. The standard InChI is InChI=1S/C20H26ClN3OS.C4H7NO/c1-13(9-15-5-3-4-6-15)24-20(25)19-8-7-17(26-19)12-23-18-10-16(21)11-22-14(18)2;6-3-5-4-1-2-4/h7-8,10-11,13,15,23H,3-6,9,12H2,1-2H3,(H,24,25);3-4H,1-2H2,(H,5,6). The minimum absolute atomic E-state index is 0.0346. The van der Waals surface area contributed by atoms with Crippen LogP contribution in [0.15, 0.2) is 24.4 Å². The highest BCUT2D eigenvalue weighted by molar-refractivity contribution is 7.14. The molecule has 2 amide bonds. The van der Waals surface area contributed by atoms with Gasteiger partial charge in [-0.2, -0.15) is 0 Å². The number of carbonyl (C=O) groups excluding carboxylic acids is 2. The molecule has 2 heterocycles. The van der Waals surface area contributed by atoms with Gasteiger partial charge in [-0.15, -0.1) is 11.3 Å². The summed E-state index contributed by atoms with van der Waals surface area (Å²) in [5, 5.41) is 9.74. The number of anilines is 1. The van der Waals surface area contributed by atoms with Gasteiger partial charge in [0.15, 0.2) is 0 Å². The summed E-state index contributed by atoms with van der Waals surface area (Å²) in [6.45, 7) is 4.71. The first-order valence-corrected chi connectivity index (χ1v) is 12.6. The molecule has 2 aromatic heterocycles. The van der Waals surface area contributed by atoms with E-state index in [0.717, 1.165) is 39.9 Å². The Morgan fingerprint density at radius 3 is 2.69 bits per heavy atom. The third kappa shape index (κ3) is 8.10. The molecule has 2 aromatic rings. The summed E-state index contributed by atoms with van der Waals surface area (Å²) in [6, 6.07) is 6.54. The van der Waals surface area contributed by atoms with E-state index in [2.05, 4.69) is 27.9 Å². The van der Waals surface area contributed by atoms with Crippen molar-refractivity contribution in [2.24, 2.45) is 5.92 Å². The number of amides is 2. The van der Waals surface area contributed by atoms with Crippen LogP contribution in [0.2, 0.25) is 5.02 Å². The van der Waals surface area contributed by atoms with Crippen LogP contribution in [0.1, 0.15) is 72.1 Å². The number of rotatable bonds is 9. The lowest BCUT2D eigenvalue weighted by atomic mass is 9.99. The van der Waals surface area contributed by atoms with Crippen LogP contribution in [0, 0.1) is 12.8 Å². The Morgan fingerprint density at radius 1 is 1.28 bits per heavy atom. The van der Waals surface area contributed by atoms with Crippen LogP contribution in [-0.4, -0.2) is 29.4 Å². The van der Waals surface area contributed by atoms with Crippen molar-refractivity contribution >= 4 is 40.9 Å². The maximum atomic E-state index is 12.5. The minimum atomic E-state index is 0.0346. The number of aryl methyl sites for hydroxylation is 1. The number of pyridine rings is 1. The second-order valence-electron chi connectivity index (χ2n) is 8.73. The van der Waals surface area contributed by atoms with Crippen LogP contribution in [0.5, 0.6) is 0 Å². The van der Waals surface area contributed by atoms with Gasteiger partial charge < -0.3 is 16.0 Å². The minimum Gasteiger partial charge on any atom is -0.379 e. The maximum Gasteiger partial charge on any atom is 0.261 e. The van der Waals surface area contributed by atoms with E-state index in [1.165, 1.54) is 49.9 Å². The van der Waals surface area contributed by atoms with E-state index in [-0.39, 0.29) is 11.9 Å². The smallest absolute Gasteiger partial charge is 0.261 e. The Morgan fingerprint density at radius 2 is 2.03 bits per heavy atom. The highest BCUT2D eigenvalue weighted by Crippen LogP contribution is 2.28. The van der Waals surface area contributed by atoms with Gasteiger partial charge >= 0.3 is 0 Å². The molecule has 4 rings (SSSR count). The third-order valence-electron chi connectivity index (χ3n) is 5.81. The van der Waals surface area contributed by atoms with Gasteiger partial charge in [-0.05, 0) is 57.2 Å². The lowest BCUT2D eigenvalue weighted by Crippen LogP contribution is -2.33. The van der Waals surface area contributed by atoms with Gasteiger partial charge in [0, 0.05) is 29.7 Å². The molecule has 3 N–H and O–H groups in total. The largest absolute Gasteiger partial charge is 0.379 e. The monoisotopic (exact) mass is 476 g/mol. The maximum absolute atomic E-state index is 12.5. The molecule has 8 heteroatoms. The number of hydrogen-bond donors (Lipinski definition) is 3. The Bertz CT molecular complexity index is 894. The van der Waals surface area contributed by atoms with Crippen LogP contribution in [0.4, 0.5) is 5.69 Å². The Balaban J connectivity index is 0.000000416. The fourth-order valence-electron chi connectivity index (χ4n) is 3.91. The molecule has 0 spiro atoms. The number of halogens is 1. The zero-order chi connectivity index (χ0) is 22.9. The normalized spacial score (nSPS) is 16.6. The second kappa shape index (κ2) is 12.2. The molecular formula is C24H33ClN4O2S. The molecule has 0 bridgehead atoms. The number of hydrogen-bond acceptors (Lipinski definition) is 5. The average molecular weight is 477 g/mol. The Kier molecular flexibility index (Phi) is 9.36. The van der Waals surface area contributed by atoms with Gasteiger partial charge in [-0.25, -0.2) is 0 Å². The molecule has 32 heavy (non-hydrogen) atoms. The summed E-state index contributed by atoms with van der Waals surface area (Å²) in [5.74, 6) is 0.815. The third-order valence-corrected chi connectivity index (χ3v) is 7.10. The average Bonchev–Trinajstić information content (AvgIpc) is 3.23. The van der Waals surface area contributed by atoms with Crippen molar-refractivity contribution in [1.29, 1.82) is 0 Å². The van der Waals surface area contributed by atoms with Crippen LogP contribution in [0.3, 0.4) is 0 Å². The van der Waals surface area contributed by atoms with Crippen molar-refractivity contribution in [2.75, 3.05) is 5.32 Å². The SMILES string of the molecule is Cc1ncc(Cl)cc1NCc1ccc(C(=O)NC(C)CC2CCCC2)s1.O=CNC1CC1. The zero-order valence-corrected chi connectivity index (χ0v) is 20.4. The summed E-state index contributed by atoms with van der Waals surface area (Å²) in [6.07, 6.45) is 11.2. The van der Waals surface area contributed by atoms with Crippen molar-refractivity contribution in [3.8, 4) is 0 Å². The molecule has 0 saturated heterocycles. The molecule has 0 aliphatic heterocycles. The van der Waals surface area contributed by atoms with Crippen molar-refractivity contribution in [1.82, 2.24) is 15.6 Å². The first-order chi connectivity index (χ1) is 15.4. The fraction of sp³-hybridized carbons (Fsp3) is 0.542. The van der Waals surface area contributed by atoms with Crippen molar-refractivity contribution in [3.05, 3.63) is 44.9 Å². The molecule has 2 aliphatic carbocycles. The van der Waals surface area contributed by atoms with Gasteiger partial charge in [0.2, 0.25) is 6.41 Å². The molecule has 2 aliphatic rings. The van der Waals surface area contributed by atoms with Gasteiger partial charge in [-0.3, -0.25) is 14.6 Å². The van der Waals surface area contributed by atoms with Crippen molar-refractivity contribution < 1.29 is 9.59 Å². The first kappa shape index (κ1) is 24.5. The molecule has 0 aromatic carbocycles. The number of aromatic nitrogens is 1.